The van der Waals surface area contributed by atoms with Crippen LogP contribution in [0, 0.1) is 0 Å². The average molecular weight is 505 g/mol. The van der Waals surface area contributed by atoms with Gasteiger partial charge in [-0.15, -0.1) is 0 Å². The molecule has 0 radical (unpaired) electrons. The molecule has 0 aromatic heterocycles. The zero-order valence-corrected chi connectivity index (χ0v) is 20.4. The Hall–Kier alpha value is -3.22. The van der Waals surface area contributed by atoms with Gasteiger partial charge in [0.25, 0.3) is 0 Å². The summed E-state index contributed by atoms with van der Waals surface area (Å²) in [5.41, 5.74) is 2.73. The number of hydrogen-bond acceptors (Lipinski definition) is 7. The number of likely N-dealkylation sites (tertiary alicyclic amines) is 1. The number of hydrazine groups is 1. The Morgan fingerprint density at radius 3 is 2.71 bits per heavy atom. The van der Waals surface area contributed by atoms with Crippen molar-refractivity contribution in [2.45, 2.75) is 49.6 Å². The van der Waals surface area contributed by atoms with Crippen molar-refractivity contribution in [1.82, 2.24) is 20.1 Å². The molecule has 1 aliphatic heterocycles. The van der Waals surface area contributed by atoms with Gasteiger partial charge in [0.15, 0.2) is 0 Å². The molecule has 1 saturated heterocycles. The number of hydrazone groups is 1. The first-order chi connectivity index (χ1) is 16.8. The van der Waals surface area contributed by atoms with Gasteiger partial charge >= 0.3 is 0 Å². The van der Waals surface area contributed by atoms with Crippen molar-refractivity contribution < 1.29 is 23.1 Å². The van der Waals surface area contributed by atoms with E-state index in [2.05, 4.69) is 15.2 Å². The van der Waals surface area contributed by atoms with Gasteiger partial charge in [0, 0.05) is 13.0 Å². The van der Waals surface area contributed by atoms with Crippen LogP contribution in [0.3, 0.4) is 0 Å². The van der Waals surface area contributed by atoms with Crippen LogP contribution in [-0.4, -0.2) is 73.4 Å². The fourth-order valence-electron chi connectivity index (χ4n) is 4.16. The lowest BCUT2D eigenvalue weighted by molar-refractivity contribution is -0.139. The highest BCUT2D eigenvalue weighted by molar-refractivity contribution is 7.89. The van der Waals surface area contributed by atoms with Crippen LogP contribution in [0.1, 0.15) is 32.6 Å². The fraction of sp³-hybridized carbons (Fsp3) is 0.435. The van der Waals surface area contributed by atoms with Gasteiger partial charge in [-0.05, 0) is 42.2 Å². The Labute approximate surface area is 205 Å². The van der Waals surface area contributed by atoms with Crippen molar-refractivity contribution in [3.63, 3.8) is 0 Å². The molecule has 35 heavy (non-hydrogen) atoms. The Kier molecular flexibility index (Phi) is 9.01. The third-order valence-corrected chi connectivity index (χ3v) is 7.39. The molecule has 2 atom stereocenters. The van der Waals surface area contributed by atoms with E-state index in [4.69, 9.17) is 5.84 Å². The van der Waals surface area contributed by atoms with Gasteiger partial charge in [-0.1, -0.05) is 37.3 Å². The van der Waals surface area contributed by atoms with Gasteiger partial charge in [-0.3, -0.25) is 20.0 Å². The molecule has 11 nitrogen and oxygen atoms in total. The highest BCUT2D eigenvalue weighted by atomic mass is 32.2. The smallest absolute Gasteiger partial charge is 0.243 e. The number of aliphatic hydroxyl groups excluding tert-OH is 1. The van der Waals surface area contributed by atoms with E-state index in [-0.39, 0.29) is 23.4 Å². The zero-order chi connectivity index (χ0) is 25.4. The Balaban J connectivity index is 1.75. The van der Waals surface area contributed by atoms with E-state index >= 15 is 0 Å². The number of aliphatic hydroxyl groups is 1. The molecular formula is C23H32N6O5S. The molecule has 5 N–H and O–H groups in total. The van der Waals surface area contributed by atoms with Crippen LogP contribution in [0.5, 0.6) is 0 Å². The number of nitrogens with one attached hydrogen (secondary N) is 2. The highest BCUT2D eigenvalue weighted by Crippen LogP contribution is 2.22. The molecule has 0 saturated carbocycles. The number of nitrogens with zero attached hydrogens (tertiary/aromatic N) is 3. The first-order valence-electron chi connectivity index (χ1n) is 11.5. The van der Waals surface area contributed by atoms with Gasteiger partial charge in [0.05, 0.1) is 24.1 Å². The van der Waals surface area contributed by atoms with E-state index in [0.29, 0.717) is 32.2 Å². The second-order valence-electron chi connectivity index (χ2n) is 8.35. The number of benzene rings is 2. The predicted octanol–water partition coefficient (Wildman–Crippen LogP) is 0.505. The molecule has 3 rings (SSSR count). The van der Waals surface area contributed by atoms with Crippen LogP contribution < -0.4 is 16.0 Å². The summed E-state index contributed by atoms with van der Waals surface area (Å²) in [6, 6.07) is 10.3. The summed E-state index contributed by atoms with van der Waals surface area (Å²) in [5, 5.41) is 16.2. The maximum atomic E-state index is 13.3. The monoisotopic (exact) mass is 504 g/mol. The van der Waals surface area contributed by atoms with Gasteiger partial charge in [0.1, 0.15) is 12.4 Å². The molecule has 2 amide bonds. The van der Waals surface area contributed by atoms with Crippen LogP contribution in [0.4, 0.5) is 0 Å². The molecule has 0 bridgehead atoms. The van der Waals surface area contributed by atoms with E-state index in [0.717, 1.165) is 10.8 Å². The minimum absolute atomic E-state index is 0.00188. The number of carbonyl (C=O) groups excluding carboxylic acids is 2. The molecule has 2 aromatic carbocycles. The SMILES string of the molecule is CCCC(=O)N(CC1CCCN1C(=O)C(CO)NS(=O)(=O)c1ccc2ccccc2c1)NC=NN. The van der Waals surface area contributed by atoms with Crippen LogP contribution in [-0.2, 0) is 19.6 Å². The van der Waals surface area contributed by atoms with Crippen molar-refractivity contribution >= 4 is 38.9 Å². The predicted molar refractivity (Wildman–Crippen MR) is 132 cm³/mol. The lowest BCUT2D eigenvalue weighted by atomic mass is 10.1. The lowest BCUT2D eigenvalue weighted by Gasteiger charge is -2.32. The van der Waals surface area contributed by atoms with E-state index < -0.39 is 28.6 Å². The van der Waals surface area contributed by atoms with Gasteiger partial charge in [-0.25, -0.2) is 8.42 Å². The van der Waals surface area contributed by atoms with Crippen molar-refractivity contribution in [2.24, 2.45) is 10.9 Å². The number of rotatable bonds is 11. The fourth-order valence-corrected chi connectivity index (χ4v) is 5.38. The number of amides is 2. The quantitative estimate of drug-likeness (QED) is 0.150. The van der Waals surface area contributed by atoms with Crippen molar-refractivity contribution in [3.8, 4) is 0 Å². The summed E-state index contributed by atoms with van der Waals surface area (Å²) in [6.07, 6.45) is 3.44. The van der Waals surface area contributed by atoms with Crippen LogP contribution in [0.2, 0.25) is 0 Å². The van der Waals surface area contributed by atoms with Gasteiger partial charge in [0.2, 0.25) is 21.8 Å². The van der Waals surface area contributed by atoms with Crippen molar-refractivity contribution in [3.05, 3.63) is 42.5 Å². The van der Waals surface area contributed by atoms with Crippen molar-refractivity contribution in [1.29, 1.82) is 0 Å². The van der Waals surface area contributed by atoms with Gasteiger partial charge < -0.3 is 15.8 Å². The highest BCUT2D eigenvalue weighted by Gasteiger charge is 2.36. The maximum Gasteiger partial charge on any atom is 0.243 e. The molecule has 1 fully saturated rings. The molecule has 12 heteroatoms. The van der Waals surface area contributed by atoms with E-state index in [1.807, 2.05) is 25.1 Å². The first kappa shape index (κ1) is 26.4. The molecule has 2 aromatic rings. The third-order valence-electron chi connectivity index (χ3n) is 5.92. The molecule has 0 aliphatic carbocycles. The minimum Gasteiger partial charge on any atom is -0.394 e. The topological polar surface area (TPSA) is 157 Å². The summed E-state index contributed by atoms with van der Waals surface area (Å²) in [4.78, 5) is 27.2. The third kappa shape index (κ3) is 6.47. The van der Waals surface area contributed by atoms with E-state index in [1.54, 1.807) is 12.1 Å². The number of carbonyl (C=O) groups is 2. The number of hydrogen-bond donors (Lipinski definition) is 4. The summed E-state index contributed by atoms with van der Waals surface area (Å²) < 4.78 is 28.4. The maximum absolute atomic E-state index is 13.3. The normalized spacial score (nSPS) is 17.1. The standard InChI is InChI=1S/C23H32N6O5S/c1-2-6-22(31)29(26-16-25-24)14-19-9-5-12-28(19)23(32)21(15-30)27-35(33,34)20-11-10-17-7-3-4-8-18(17)13-20/h3-4,7-8,10-11,13,16,19,21,27,30H,2,5-6,9,12,14-15,24H2,1H3,(H,25,26). The number of fused-ring (bicyclic) bond motifs is 1. The minimum atomic E-state index is -4.08. The van der Waals surface area contributed by atoms with E-state index in [9.17, 15) is 23.1 Å². The first-order valence-corrected chi connectivity index (χ1v) is 13.0. The van der Waals surface area contributed by atoms with Crippen LogP contribution in [0.15, 0.2) is 52.5 Å². The summed E-state index contributed by atoms with van der Waals surface area (Å²) >= 11 is 0. The average Bonchev–Trinajstić information content (AvgIpc) is 3.32. The van der Waals surface area contributed by atoms with Gasteiger partial charge in [-0.2, -0.15) is 9.82 Å². The molecule has 190 valence electrons. The lowest BCUT2D eigenvalue weighted by Crippen LogP contribution is -2.55. The van der Waals surface area contributed by atoms with Crippen molar-refractivity contribution in [2.75, 3.05) is 19.7 Å². The second-order valence-corrected chi connectivity index (χ2v) is 10.1. The second kappa shape index (κ2) is 12.0. The largest absolute Gasteiger partial charge is 0.394 e. The molecular weight excluding hydrogens is 472 g/mol. The molecule has 1 heterocycles. The number of sulfonamides is 1. The molecule has 1 aliphatic rings. The van der Waals surface area contributed by atoms with Crippen LogP contribution in [0.25, 0.3) is 10.8 Å². The van der Waals surface area contributed by atoms with Crippen LogP contribution >= 0.6 is 0 Å². The Bertz CT molecular complexity index is 1170. The Morgan fingerprint density at radius 1 is 1.29 bits per heavy atom. The summed E-state index contributed by atoms with van der Waals surface area (Å²) in [5.74, 6) is 4.42. The summed E-state index contributed by atoms with van der Waals surface area (Å²) in [6.45, 7) is 1.74. The number of nitrogens with two attached hydrogens (primary N) is 1. The zero-order valence-electron chi connectivity index (χ0n) is 19.6. The Morgan fingerprint density at radius 2 is 2.03 bits per heavy atom. The molecule has 2 unspecified atom stereocenters. The summed E-state index contributed by atoms with van der Waals surface area (Å²) in [7, 11) is -4.08. The molecule has 0 spiro atoms. The van der Waals surface area contributed by atoms with E-state index in [1.165, 1.54) is 28.4 Å².